The highest BCUT2D eigenvalue weighted by Gasteiger charge is 2.23. The Bertz CT molecular complexity index is 889. The molecule has 1 heterocycles. The number of benzene rings is 2. The standard InChI is InChI=1S/C24H30N2O4/c1-17-6-4-5-7-19(17)15-23(27)26-12-10-18(11-13-26)16-25-24(28)20-8-9-21(29-2)22(14-20)30-3/h4-9,14,18H,10-13,15-16H2,1-3H3,(H,25,28). The number of carbonyl (C=O) groups excluding carboxylic acids is 2. The van der Waals surface area contributed by atoms with Crippen LogP contribution in [-0.4, -0.2) is 50.6 Å². The molecule has 1 aliphatic heterocycles. The number of piperidine rings is 1. The molecule has 2 amide bonds. The van der Waals surface area contributed by atoms with Crippen molar-refractivity contribution in [3.05, 3.63) is 59.2 Å². The Morgan fingerprint density at radius 1 is 1.03 bits per heavy atom. The van der Waals surface area contributed by atoms with Gasteiger partial charge in [-0.25, -0.2) is 0 Å². The molecule has 1 N–H and O–H groups in total. The first-order valence-electron chi connectivity index (χ1n) is 10.3. The number of aryl methyl sites for hydroxylation is 1. The Kier molecular flexibility index (Phi) is 7.33. The molecule has 3 rings (SSSR count). The number of ether oxygens (including phenoxy) is 2. The van der Waals surface area contributed by atoms with Crippen LogP contribution in [0.4, 0.5) is 0 Å². The summed E-state index contributed by atoms with van der Waals surface area (Å²) in [4.78, 5) is 27.1. The molecule has 0 unspecified atom stereocenters. The van der Waals surface area contributed by atoms with Crippen LogP contribution in [0.5, 0.6) is 11.5 Å². The summed E-state index contributed by atoms with van der Waals surface area (Å²) in [7, 11) is 3.11. The van der Waals surface area contributed by atoms with Gasteiger partial charge in [0.25, 0.3) is 5.91 Å². The van der Waals surface area contributed by atoms with Gasteiger partial charge in [-0.1, -0.05) is 24.3 Å². The van der Waals surface area contributed by atoms with E-state index in [1.54, 1.807) is 32.4 Å². The number of carbonyl (C=O) groups is 2. The van der Waals surface area contributed by atoms with Gasteiger partial charge < -0.3 is 19.7 Å². The number of likely N-dealkylation sites (tertiary alicyclic amines) is 1. The molecule has 6 heteroatoms. The predicted molar refractivity (Wildman–Crippen MR) is 116 cm³/mol. The summed E-state index contributed by atoms with van der Waals surface area (Å²) in [5, 5.41) is 3.01. The monoisotopic (exact) mass is 410 g/mol. The fourth-order valence-corrected chi connectivity index (χ4v) is 3.79. The average Bonchev–Trinajstić information content (AvgIpc) is 2.78. The summed E-state index contributed by atoms with van der Waals surface area (Å²) < 4.78 is 10.5. The molecule has 2 aromatic carbocycles. The Labute approximate surface area is 178 Å². The molecule has 1 aliphatic rings. The smallest absolute Gasteiger partial charge is 0.251 e. The van der Waals surface area contributed by atoms with Crippen LogP contribution in [0.15, 0.2) is 42.5 Å². The van der Waals surface area contributed by atoms with Gasteiger partial charge in [-0.15, -0.1) is 0 Å². The average molecular weight is 411 g/mol. The molecule has 0 saturated carbocycles. The second-order valence-electron chi connectivity index (χ2n) is 7.71. The van der Waals surface area contributed by atoms with Crippen LogP contribution in [0, 0.1) is 12.8 Å². The highest BCUT2D eigenvalue weighted by molar-refractivity contribution is 5.94. The third-order valence-electron chi connectivity index (χ3n) is 5.77. The molecule has 0 aliphatic carbocycles. The number of hydrogen-bond acceptors (Lipinski definition) is 4. The molecule has 2 aromatic rings. The molecule has 0 radical (unpaired) electrons. The molecule has 0 spiro atoms. The van der Waals surface area contributed by atoms with E-state index in [9.17, 15) is 9.59 Å². The van der Waals surface area contributed by atoms with Crippen molar-refractivity contribution >= 4 is 11.8 Å². The van der Waals surface area contributed by atoms with E-state index in [0.29, 0.717) is 35.9 Å². The number of hydrogen-bond donors (Lipinski definition) is 1. The maximum atomic E-state index is 12.6. The van der Waals surface area contributed by atoms with Crippen molar-refractivity contribution in [2.45, 2.75) is 26.2 Å². The molecule has 1 saturated heterocycles. The molecule has 0 aromatic heterocycles. The third kappa shape index (κ3) is 5.32. The minimum absolute atomic E-state index is 0.131. The Morgan fingerprint density at radius 3 is 2.40 bits per heavy atom. The molecule has 0 bridgehead atoms. The van der Waals surface area contributed by atoms with Crippen molar-refractivity contribution in [2.24, 2.45) is 5.92 Å². The number of rotatable bonds is 7. The van der Waals surface area contributed by atoms with Gasteiger partial charge in [0.05, 0.1) is 20.6 Å². The van der Waals surface area contributed by atoms with Crippen molar-refractivity contribution in [2.75, 3.05) is 33.9 Å². The zero-order valence-corrected chi connectivity index (χ0v) is 17.9. The lowest BCUT2D eigenvalue weighted by atomic mass is 9.96. The Balaban J connectivity index is 1.46. The molecular formula is C24H30N2O4. The van der Waals surface area contributed by atoms with Crippen molar-refractivity contribution in [1.82, 2.24) is 10.2 Å². The predicted octanol–water partition coefficient (Wildman–Crippen LogP) is 3.22. The van der Waals surface area contributed by atoms with Crippen molar-refractivity contribution in [3.8, 4) is 11.5 Å². The second-order valence-corrected chi connectivity index (χ2v) is 7.71. The summed E-state index contributed by atoms with van der Waals surface area (Å²) in [6, 6.07) is 13.2. The number of methoxy groups -OCH3 is 2. The molecular weight excluding hydrogens is 380 g/mol. The van der Waals surface area contributed by atoms with Gasteiger partial charge >= 0.3 is 0 Å². The highest BCUT2D eigenvalue weighted by Crippen LogP contribution is 2.27. The van der Waals surface area contributed by atoms with Crippen LogP contribution in [0.25, 0.3) is 0 Å². The summed E-state index contributed by atoms with van der Waals surface area (Å²) in [6.45, 7) is 4.12. The van der Waals surface area contributed by atoms with E-state index >= 15 is 0 Å². The first-order valence-corrected chi connectivity index (χ1v) is 10.3. The fourth-order valence-electron chi connectivity index (χ4n) is 3.79. The maximum absolute atomic E-state index is 12.6. The van der Waals surface area contributed by atoms with Crippen molar-refractivity contribution in [3.63, 3.8) is 0 Å². The van der Waals surface area contributed by atoms with Gasteiger partial charge in [0.2, 0.25) is 5.91 Å². The zero-order valence-electron chi connectivity index (χ0n) is 17.9. The van der Waals surface area contributed by atoms with E-state index in [-0.39, 0.29) is 11.8 Å². The highest BCUT2D eigenvalue weighted by atomic mass is 16.5. The Morgan fingerprint density at radius 2 is 1.73 bits per heavy atom. The fraction of sp³-hybridized carbons (Fsp3) is 0.417. The lowest BCUT2D eigenvalue weighted by Gasteiger charge is -2.32. The van der Waals surface area contributed by atoms with Crippen molar-refractivity contribution < 1.29 is 19.1 Å². The van der Waals surface area contributed by atoms with Crippen LogP contribution in [0.2, 0.25) is 0 Å². The van der Waals surface area contributed by atoms with Crippen LogP contribution < -0.4 is 14.8 Å². The number of amides is 2. The first-order chi connectivity index (χ1) is 14.5. The van der Waals surface area contributed by atoms with E-state index in [4.69, 9.17) is 9.47 Å². The minimum Gasteiger partial charge on any atom is -0.493 e. The van der Waals surface area contributed by atoms with Gasteiger partial charge in [0.15, 0.2) is 11.5 Å². The lowest BCUT2D eigenvalue weighted by molar-refractivity contribution is -0.131. The molecule has 30 heavy (non-hydrogen) atoms. The van der Waals surface area contributed by atoms with E-state index in [1.807, 2.05) is 36.1 Å². The van der Waals surface area contributed by atoms with Crippen LogP contribution >= 0.6 is 0 Å². The van der Waals surface area contributed by atoms with E-state index in [0.717, 1.165) is 37.1 Å². The quantitative estimate of drug-likeness (QED) is 0.761. The maximum Gasteiger partial charge on any atom is 0.251 e. The van der Waals surface area contributed by atoms with Gasteiger partial charge in [-0.05, 0) is 55.0 Å². The van der Waals surface area contributed by atoms with E-state index in [1.165, 1.54) is 0 Å². The van der Waals surface area contributed by atoms with Gasteiger partial charge in [-0.2, -0.15) is 0 Å². The van der Waals surface area contributed by atoms with Gasteiger partial charge in [-0.3, -0.25) is 9.59 Å². The summed E-state index contributed by atoms with van der Waals surface area (Å²) in [5.74, 6) is 1.55. The molecule has 160 valence electrons. The molecule has 6 nitrogen and oxygen atoms in total. The van der Waals surface area contributed by atoms with E-state index < -0.39 is 0 Å². The van der Waals surface area contributed by atoms with Gasteiger partial charge in [0.1, 0.15) is 0 Å². The summed E-state index contributed by atoms with van der Waals surface area (Å²) in [6.07, 6.45) is 2.24. The number of nitrogens with zero attached hydrogens (tertiary/aromatic N) is 1. The topological polar surface area (TPSA) is 67.9 Å². The largest absolute Gasteiger partial charge is 0.493 e. The van der Waals surface area contributed by atoms with Crippen molar-refractivity contribution in [1.29, 1.82) is 0 Å². The van der Waals surface area contributed by atoms with Crippen LogP contribution in [0.3, 0.4) is 0 Å². The Hall–Kier alpha value is -3.02. The zero-order chi connectivity index (χ0) is 21.5. The number of nitrogens with one attached hydrogen (secondary N) is 1. The SMILES string of the molecule is COc1ccc(C(=O)NCC2CCN(C(=O)Cc3ccccc3C)CC2)cc1OC. The molecule has 0 atom stereocenters. The third-order valence-corrected chi connectivity index (χ3v) is 5.77. The second kappa shape index (κ2) is 10.1. The summed E-state index contributed by atoms with van der Waals surface area (Å²) in [5.41, 5.74) is 2.78. The first kappa shape index (κ1) is 21.7. The van der Waals surface area contributed by atoms with Crippen LogP contribution in [-0.2, 0) is 11.2 Å². The summed E-state index contributed by atoms with van der Waals surface area (Å²) >= 11 is 0. The normalized spacial score (nSPS) is 14.3. The minimum atomic E-state index is -0.131. The van der Waals surface area contributed by atoms with Crippen LogP contribution in [0.1, 0.15) is 34.3 Å². The van der Waals surface area contributed by atoms with Gasteiger partial charge in [0, 0.05) is 25.2 Å². The molecule has 1 fully saturated rings. The lowest BCUT2D eigenvalue weighted by Crippen LogP contribution is -2.42. The van der Waals surface area contributed by atoms with E-state index in [2.05, 4.69) is 5.32 Å².